The number of rotatable bonds is 15. The van der Waals surface area contributed by atoms with Crippen molar-refractivity contribution in [2.24, 2.45) is 11.8 Å². The highest BCUT2D eigenvalue weighted by molar-refractivity contribution is 6.05. The molecule has 0 fully saturated rings. The van der Waals surface area contributed by atoms with Gasteiger partial charge >= 0.3 is 0 Å². The van der Waals surface area contributed by atoms with Crippen LogP contribution in [0.3, 0.4) is 0 Å². The lowest BCUT2D eigenvalue weighted by Gasteiger charge is -2.28. The van der Waals surface area contributed by atoms with Gasteiger partial charge < -0.3 is 9.62 Å². The summed E-state index contributed by atoms with van der Waals surface area (Å²) in [6.07, 6.45) is 10.2. The van der Waals surface area contributed by atoms with E-state index < -0.39 is 0 Å². The van der Waals surface area contributed by atoms with E-state index in [4.69, 9.17) is 16.0 Å². The van der Waals surface area contributed by atoms with Crippen LogP contribution in [-0.4, -0.2) is 51.8 Å². The van der Waals surface area contributed by atoms with Crippen molar-refractivity contribution in [2.45, 2.75) is 79.1 Å². The SMILES string of the molecule is [B]N(CCN([B])CC(CC)CCCC)CC(CC)CCCC. The molecule has 2 nitrogen and oxygen atoms in total. The smallest absolute Gasteiger partial charge is 0.182 e. The summed E-state index contributed by atoms with van der Waals surface area (Å²) in [5.74, 6) is 1.45. The van der Waals surface area contributed by atoms with Gasteiger partial charge in [0.1, 0.15) is 0 Å². The van der Waals surface area contributed by atoms with Crippen molar-refractivity contribution in [1.29, 1.82) is 0 Å². The lowest BCUT2D eigenvalue weighted by Crippen LogP contribution is -2.37. The Morgan fingerprint density at radius 1 is 0.682 bits per heavy atom. The van der Waals surface area contributed by atoms with Gasteiger partial charge in [0.05, 0.1) is 0 Å². The number of nitrogens with zero attached hydrogens (tertiary/aromatic N) is 2. The monoisotopic (exact) mass is 304 g/mol. The molecule has 0 aromatic rings. The normalized spacial score (nSPS) is 14.6. The third-order valence-corrected chi connectivity index (χ3v) is 4.75. The minimum atomic E-state index is 0.726. The van der Waals surface area contributed by atoms with Crippen LogP contribution in [0.2, 0.25) is 0 Å². The molecule has 0 heterocycles. The zero-order valence-corrected chi connectivity index (χ0v) is 15.7. The summed E-state index contributed by atoms with van der Waals surface area (Å²) in [6.45, 7) is 12.8. The van der Waals surface area contributed by atoms with Crippen LogP contribution in [0, 0.1) is 11.8 Å². The van der Waals surface area contributed by atoms with Crippen molar-refractivity contribution in [3.63, 3.8) is 0 Å². The van der Waals surface area contributed by atoms with Crippen LogP contribution in [0.5, 0.6) is 0 Å². The van der Waals surface area contributed by atoms with Gasteiger partial charge in [0.25, 0.3) is 0 Å². The molecule has 0 aromatic heterocycles. The van der Waals surface area contributed by atoms with Gasteiger partial charge in [-0.1, -0.05) is 66.2 Å². The molecule has 0 bridgehead atoms. The highest BCUT2D eigenvalue weighted by Crippen LogP contribution is 2.15. The highest BCUT2D eigenvalue weighted by atomic mass is 15.1. The second-order valence-electron chi connectivity index (χ2n) is 6.82. The summed E-state index contributed by atoms with van der Waals surface area (Å²) < 4.78 is 0. The predicted molar refractivity (Wildman–Crippen MR) is 101 cm³/mol. The minimum absolute atomic E-state index is 0.726. The fourth-order valence-corrected chi connectivity index (χ4v) is 2.94. The number of hydrogen-bond acceptors (Lipinski definition) is 2. The Bertz CT molecular complexity index is 215. The molecule has 0 saturated heterocycles. The van der Waals surface area contributed by atoms with Crippen molar-refractivity contribution in [1.82, 2.24) is 9.62 Å². The molecular weight excluding hydrogens is 266 g/mol. The first-order chi connectivity index (χ1) is 10.6. The summed E-state index contributed by atoms with van der Waals surface area (Å²) >= 11 is 0. The van der Waals surface area contributed by atoms with Crippen LogP contribution >= 0.6 is 0 Å². The molecule has 22 heavy (non-hydrogen) atoms. The maximum Gasteiger partial charge on any atom is 0.182 e. The standard InChI is InChI=1S/C18H38B2N2/c1-5-9-11-17(7-3)15-21(19)13-14-22(20)16-18(8-4)12-10-6-2/h17-18H,5-16H2,1-4H3. The van der Waals surface area contributed by atoms with E-state index >= 15 is 0 Å². The Balaban J connectivity index is 3.93. The minimum Gasteiger partial charge on any atom is -0.352 e. The van der Waals surface area contributed by atoms with E-state index in [0.29, 0.717) is 0 Å². The van der Waals surface area contributed by atoms with Gasteiger partial charge in [-0.15, -0.1) is 0 Å². The fourth-order valence-electron chi connectivity index (χ4n) is 2.94. The summed E-state index contributed by atoms with van der Waals surface area (Å²) in [5.41, 5.74) is 0. The molecule has 0 aliphatic heterocycles. The zero-order chi connectivity index (χ0) is 16.8. The average molecular weight is 304 g/mol. The number of unbranched alkanes of at least 4 members (excludes halogenated alkanes) is 2. The van der Waals surface area contributed by atoms with Crippen LogP contribution in [0.4, 0.5) is 0 Å². The fraction of sp³-hybridized carbons (Fsp3) is 1.00. The maximum atomic E-state index is 6.16. The van der Waals surface area contributed by atoms with Gasteiger partial charge in [0.2, 0.25) is 0 Å². The Morgan fingerprint density at radius 2 is 1.05 bits per heavy atom. The molecule has 0 aliphatic carbocycles. The molecule has 0 aliphatic rings. The van der Waals surface area contributed by atoms with Crippen LogP contribution < -0.4 is 0 Å². The number of hydrogen-bond donors (Lipinski definition) is 0. The lowest BCUT2D eigenvalue weighted by atomic mass is 9.97. The molecule has 4 heteroatoms. The Kier molecular flexibility index (Phi) is 14.7. The molecule has 0 amide bonds. The quantitative estimate of drug-likeness (QED) is 0.419. The third-order valence-electron chi connectivity index (χ3n) is 4.75. The van der Waals surface area contributed by atoms with Crippen molar-refractivity contribution >= 4 is 16.0 Å². The Labute approximate surface area is 143 Å². The van der Waals surface area contributed by atoms with Gasteiger partial charge in [-0.3, -0.25) is 0 Å². The Morgan fingerprint density at radius 3 is 1.32 bits per heavy atom. The highest BCUT2D eigenvalue weighted by Gasteiger charge is 2.12. The van der Waals surface area contributed by atoms with Crippen molar-refractivity contribution in [3.05, 3.63) is 0 Å². The van der Waals surface area contributed by atoms with E-state index in [0.717, 1.165) is 38.0 Å². The zero-order valence-electron chi connectivity index (χ0n) is 15.7. The second kappa shape index (κ2) is 14.6. The van der Waals surface area contributed by atoms with E-state index in [-0.39, 0.29) is 0 Å². The van der Waals surface area contributed by atoms with Gasteiger partial charge in [-0.2, -0.15) is 0 Å². The van der Waals surface area contributed by atoms with Crippen LogP contribution in [0.1, 0.15) is 79.1 Å². The van der Waals surface area contributed by atoms with E-state index in [9.17, 15) is 0 Å². The molecule has 0 spiro atoms. The topological polar surface area (TPSA) is 6.48 Å². The first kappa shape index (κ1) is 22.0. The van der Waals surface area contributed by atoms with E-state index in [1.807, 2.05) is 9.62 Å². The molecule has 0 N–H and O–H groups in total. The van der Waals surface area contributed by atoms with Crippen molar-refractivity contribution < 1.29 is 0 Å². The van der Waals surface area contributed by atoms with Gasteiger partial charge in [0, 0.05) is 0 Å². The summed E-state index contributed by atoms with van der Waals surface area (Å²) in [4.78, 5) is 3.94. The van der Waals surface area contributed by atoms with Crippen molar-refractivity contribution in [2.75, 3.05) is 26.2 Å². The van der Waals surface area contributed by atoms with Gasteiger partial charge in [0.15, 0.2) is 16.0 Å². The molecule has 0 aromatic carbocycles. The largest absolute Gasteiger partial charge is 0.352 e. The third kappa shape index (κ3) is 11.6. The van der Waals surface area contributed by atoms with E-state index in [1.165, 1.54) is 51.4 Å². The predicted octanol–water partition coefficient (Wildman–Crippen LogP) is 4.19. The first-order valence-electron chi connectivity index (χ1n) is 9.56. The molecule has 2 atom stereocenters. The molecular formula is C18H38B2N2. The first-order valence-corrected chi connectivity index (χ1v) is 9.56. The lowest BCUT2D eigenvalue weighted by molar-refractivity contribution is 0.283. The molecule has 126 valence electrons. The van der Waals surface area contributed by atoms with Crippen LogP contribution in [0.15, 0.2) is 0 Å². The maximum absolute atomic E-state index is 6.16. The molecule has 4 radical (unpaired) electrons. The van der Waals surface area contributed by atoms with Crippen LogP contribution in [-0.2, 0) is 0 Å². The van der Waals surface area contributed by atoms with E-state index in [2.05, 4.69) is 27.7 Å². The molecule has 2 unspecified atom stereocenters. The van der Waals surface area contributed by atoms with Gasteiger partial charge in [-0.05, 0) is 50.9 Å². The Hall–Kier alpha value is 0.0499. The average Bonchev–Trinajstić information content (AvgIpc) is 2.53. The van der Waals surface area contributed by atoms with Gasteiger partial charge in [-0.25, -0.2) is 0 Å². The molecule has 0 rings (SSSR count). The molecule has 0 saturated carbocycles. The summed E-state index contributed by atoms with van der Waals surface area (Å²) in [5, 5.41) is 0. The summed E-state index contributed by atoms with van der Waals surface area (Å²) in [7, 11) is 12.3. The second-order valence-corrected chi connectivity index (χ2v) is 6.82. The van der Waals surface area contributed by atoms with Crippen LogP contribution in [0.25, 0.3) is 0 Å². The summed E-state index contributed by atoms with van der Waals surface area (Å²) in [6, 6.07) is 0. The van der Waals surface area contributed by atoms with E-state index in [1.54, 1.807) is 0 Å². The van der Waals surface area contributed by atoms with Crippen molar-refractivity contribution in [3.8, 4) is 0 Å².